The van der Waals surface area contributed by atoms with Crippen molar-refractivity contribution in [1.29, 1.82) is 0 Å². The highest BCUT2D eigenvalue weighted by Crippen LogP contribution is 2.34. The van der Waals surface area contributed by atoms with Gasteiger partial charge < -0.3 is 0 Å². The summed E-state index contributed by atoms with van der Waals surface area (Å²) < 4.78 is 88.9. The van der Waals surface area contributed by atoms with Gasteiger partial charge in [-0.2, -0.15) is 26.3 Å². The molecule has 152 valence electrons. The Labute approximate surface area is 165 Å². The minimum atomic E-state index is -4.48. The van der Waals surface area contributed by atoms with E-state index in [1.165, 1.54) is 25.1 Å². The lowest BCUT2D eigenvalue weighted by molar-refractivity contribution is -0.137. The number of thioether (sulfide) groups is 1. The molecule has 0 aliphatic rings. The van der Waals surface area contributed by atoms with Crippen molar-refractivity contribution in [3.8, 4) is 0 Å². The van der Waals surface area contributed by atoms with Crippen LogP contribution in [-0.2, 0) is 6.18 Å². The van der Waals surface area contributed by atoms with E-state index in [-0.39, 0.29) is 10.6 Å². The molecule has 2 aromatic rings. The first-order chi connectivity index (χ1) is 12.9. The molecule has 0 N–H and O–H groups in total. The maximum atomic E-state index is 14.0. The Morgan fingerprint density at radius 3 is 2.21 bits per heavy atom. The number of rotatable bonds is 5. The van der Waals surface area contributed by atoms with Crippen LogP contribution in [-0.4, -0.2) is 18.1 Å². The van der Waals surface area contributed by atoms with Gasteiger partial charge in [-0.1, -0.05) is 12.1 Å². The van der Waals surface area contributed by atoms with E-state index in [2.05, 4.69) is 4.99 Å². The summed E-state index contributed by atoms with van der Waals surface area (Å²) in [6, 6.07) is 6.29. The molecule has 0 saturated carbocycles. The maximum Gasteiger partial charge on any atom is 0.416 e. The summed E-state index contributed by atoms with van der Waals surface area (Å²) in [7, 11) is 0. The van der Waals surface area contributed by atoms with Crippen molar-refractivity contribution in [2.75, 3.05) is 5.75 Å². The molecule has 0 heterocycles. The number of halogens is 8. The zero-order chi connectivity index (χ0) is 21.1. The Bertz CT molecular complexity index is 845. The third kappa shape index (κ3) is 6.41. The highest BCUT2D eigenvalue weighted by Gasteiger charge is 2.30. The standard InChI is InChI=1S/C18H13ClF7NS/c1-10-6-14(20)15(7-16(10)28-9-17(21,22)23)27-8-13(19)11-2-4-12(5-3-11)18(24,25)26/h2-8,13H,9H2,1H3/b27-8+. The molecule has 0 aromatic heterocycles. The van der Waals surface area contributed by atoms with Gasteiger partial charge in [0.2, 0.25) is 0 Å². The Morgan fingerprint density at radius 2 is 1.68 bits per heavy atom. The molecular weight excluding hydrogens is 431 g/mol. The van der Waals surface area contributed by atoms with Crippen LogP contribution in [0.25, 0.3) is 0 Å². The molecule has 0 bridgehead atoms. The summed E-state index contributed by atoms with van der Waals surface area (Å²) in [6.45, 7) is 1.47. The zero-order valence-corrected chi connectivity index (χ0v) is 15.8. The van der Waals surface area contributed by atoms with Crippen molar-refractivity contribution < 1.29 is 30.7 Å². The lowest BCUT2D eigenvalue weighted by Gasteiger charge is -2.10. The predicted octanol–water partition coefficient (Wildman–Crippen LogP) is 7.49. The van der Waals surface area contributed by atoms with Crippen molar-refractivity contribution >= 4 is 35.3 Å². The second-order valence-corrected chi connectivity index (χ2v) is 7.26. The number of aliphatic imine (C=N–C) groups is 1. The van der Waals surface area contributed by atoms with Gasteiger partial charge >= 0.3 is 12.4 Å². The van der Waals surface area contributed by atoms with Crippen LogP contribution in [0.2, 0.25) is 0 Å². The molecule has 0 radical (unpaired) electrons. The quantitative estimate of drug-likeness (QED) is 0.202. The second kappa shape index (κ2) is 8.73. The van der Waals surface area contributed by atoms with Gasteiger partial charge in [0, 0.05) is 11.1 Å². The predicted molar refractivity (Wildman–Crippen MR) is 96.1 cm³/mol. The fourth-order valence-electron chi connectivity index (χ4n) is 2.14. The Balaban J connectivity index is 2.18. The van der Waals surface area contributed by atoms with E-state index >= 15 is 0 Å². The van der Waals surface area contributed by atoms with Crippen LogP contribution in [0, 0.1) is 12.7 Å². The first kappa shape index (κ1) is 22.5. The summed E-state index contributed by atoms with van der Waals surface area (Å²) in [5.74, 6) is -1.88. The van der Waals surface area contributed by atoms with Gasteiger partial charge in [-0.05, 0) is 42.3 Å². The van der Waals surface area contributed by atoms with Gasteiger partial charge in [-0.15, -0.1) is 23.4 Å². The SMILES string of the molecule is Cc1cc(F)c(/N=C/C(Cl)c2ccc(C(F)(F)F)cc2)cc1SCC(F)(F)F. The average molecular weight is 444 g/mol. The van der Waals surface area contributed by atoms with Crippen molar-refractivity contribution in [3.63, 3.8) is 0 Å². The second-order valence-electron chi connectivity index (χ2n) is 5.77. The molecule has 1 atom stereocenters. The summed E-state index contributed by atoms with van der Waals surface area (Å²) in [4.78, 5) is 4.07. The minimum Gasteiger partial charge on any atom is -0.256 e. The first-order valence-electron chi connectivity index (χ1n) is 7.72. The molecular formula is C18H13ClF7NS. The molecule has 1 unspecified atom stereocenters. The molecule has 2 aromatic carbocycles. The minimum absolute atomic E-state index is 0.214. The number of alkyl halides is 7. The van der Waals surface area contributed by atoms with Gasteiger partial charge in [0.05, 0.1) is 22.4 Å². The zero-order valence-electron chi connectivity index (χ0n) is 14.2. The molecule has 0 aliphatic heterocycles. The van der Waals surface area contributed by atoms with E-state index in [4.69, 9.17) is 11.6 Å². The van der Waals surface area contributed by atoms with E-state index < -0.39 is 34.9 Å². The smallest absolute Gasteiger partial charge is 0.256 e. The van der Waals surface area contributed by atoms with Crippen LogP contribution >= 0.6 is 23.4 Å². The summed E-state index contributed by atoms with van der Waals surface area (Å²) in [5.41, 5.74) is -0.422. The van der Waals surface area contributed by atoms with Crippen LogP contribution in [0.1, 0.15) is 22.1 Å². The summed E-state index contributed by atoms with van der Waals surface area (Å²) in [5, 5.41) is -0.950. The van der Waals surface area contributed by atoms with Crippen molar-refractivity contribution in [3.05, 3.63) is 58.9 Å². The van der Waals surface area contributed by atoms with Crippen LogP contribution in [0.15, 0.2) is 46.3 Å². The van der Waals surface area contributed by atoms with Gasteiger partial charge in [0.25, 0.3) is 0 Å². The average Bonchev–Trinajstić information content (AvgIpc) is 2.58. The largest absolute Gasteiger partial charge is 0.416 e. The monoisotopic (exact) mass is 443 g/mol. The van der Waals surface area contributed by atoms with E-state index in [1.54, 1.807) is 0 Å². The lowest BCUT2D eigenvalue weighted by Crippen LogP contribution is -2.10. The molecule has 0 spiro atoms. The molecule has 1 nitrogen and oxygen atoms in total. The highest BCUT2D eigenvalue weighted by atomic mass is 35.5. The van der Waals surface area contributed by atoms with Gasteiger partial charge in [0.1, 0.15) is 5.82 Å². The number of hydrogen-bond acceptors (Lipinski definition) is 2. The van der Waals surface area contributed by atoms with Gasteiger partial charge in [-0.25, -0.2) is 4.39 Å². The van der Waals surface area contributed by atoms with Gasteiger partial charge in [-0.3, -0.25) is 4.99 Å². The number of hydrogen-bond donors (Lipinski definition) is 0. The van der Waals surface area contributed by atoms with E-state index in [1.807, 2.05) is 0 Å². The topological polar surface area (TPSA) is 12.4 Å². The molecule has 0 saturated heterocycles. The van der Waals surface area contributed by atoms with E-state index in [0.717, 1.165) is 24.4 Å². The third-order valence-electron chi connectivity index (χ3n) is 3.54. The Hall–Kier alpha value is -1.74. The first-order valence-corrected chi connectivity index (χ1v) is 9.14. The van der Waals surface area contributed by atoms with Crippen molar-refractivity contribution in [2.24, 2.45) is 4.99 Å². The third-order valence-corrected chi connectivity index (χ3v) is 5.12. The van der Waals surface area contributed by atoms with Crippen LogP contribution in [0.3, 0.4) is 0 Å². The van der Waals surface area contributed by atoms with Crippen molar-refractivity contribution in [1.82, 2.24) is 0 Å². The normalized spacial score (nSPS) is 13.9. The number of nitrogens with zero attached hydrogens (tertiary/aromatic N) is 1. The molecule has 0 fully saturated rings. The fraction of sp³-hybridized carbons (Fsp3) is 0.278. The molecule has 10 heteroatoms. The maximum absolute atomic E-state index is 14.0. The van der Waals surface area contributed by atoms with E-state index in [9.17, 15) is 30.7 Å². The Kier molecular flexibility index (Phi) is 7.03. The molecule has 28 heavy (non-hydrogen) atoms. The van der Waals surface area contributed by atoms with E-state index in [0.29, 0.717) is 22.9 Å². The summed E-state index contributed by atoms with van der Waals surface area (Å²) in [6.07, 6.45) is -7.75. The van der Waals surface area contributed by atoms with Crippen LogP contribution in [0.5, 0.6) is 0 Å². The highest BCUT2D eigenvalue weighted by molar-refractivity contribution is 7.99. The van der Waals surface area contributed by atoms with Crippen LogP contribution < -0.4 is 0 Å². The fourth-order valence-corrected chi connectivity index (χ4v) is 3.15. The van der Waals surface area contributed by atoms with Crippen LogP contribution in [0.4, 0.5) is 36.4 Å². The molecule has 2 rings (SSSR count). The molecule has 0 amide bonds. The van der Waals surface area contributed by atoms with Gasteiger partial charge in [0.15, 0.2) is 0 Å². The Morgan fingerprint density at radius 1 is 1.07 bits per heavy atom. The number of aryl methyl sites for hydroxylation is 1. The summed E-state index contributed by atoms with van der Waals surface area (Å²) >= 11 is 6.57. The van der Waals surface area contributed by atoms with Crippen molar-refractivity contribution in [2.45, 2.75) is 29.5 Å². The number of benzene rings is 2. The molecule has 0 aliphatic carbocycles. The lowest BCUT2D eigenvalue weighted by atomic mass is 10.1.